The molecule has 262 valence electrons. The van der Waals surface area contributed by atoms with E-state index in [0.29, 0.717) is 28.1 Å². The van der Waals surface area contributed by atoms with Gasteiger partial charge in [-0.25, -0.2) is 4.79 Å². The molecule has 3 N–H and O–H groups in total. The fourth-order valence-corrected chi connectivity index (χ4v) is 9.09. The van der Waals surface area contributed by atoms with Gasteiger partial charge in [-0.1, -0.05) is 71.8 Å². The van der Waals surface area contributed by atoms with E-state index in [1.807, 2.05) is 31.2 Å². The van der Waals surface area contributed by atoms with Crippen LogP contribution in [-0.2, 0) is 24.6 Å². The minimum atomic E-state index is -1.58. The molecule has 0 bridgehead atoms. The number of imide groups is 2. The molecule has 0 aromatic heterocycles. The van der Waals surface area contributed by atoms with Crippen molar-refractivity contribution in [1.82, 2.24) is 5.01 Å². The van der Waals surface area contributed by atoms with Crippen molar-refractivity contribution in [1.29, 1.82) is 0 Å². The summed E-state index contributed by atoms with van der Waals surface area (Å²) in [5.41, 5.74) is 4.60. The summed E-state index contributed by atoms with van der Waals surface area (Å²) >= 11 is 0. The Morgan fingerprint density at radius 2 is 1.60 bits per heavy atom. The van der Waals surface area contributed by atoms with E-state index in [0.717, 1.165) is 15.5 Å². The largest absolute Gasteiger partial charge is 0.508 e. The van der Waals surface area contributed by atoms with Crippen LogP contribution in [0.5, 0.6) is 11.5 Å². The zero-order valence-electron chi connectivity index (χ0n) is 28.4. The highest BCUT2D eigenvalue weighted by Gasteiger charge is 2.71. The first-order chi connectivity index (χ1) is 25.1. The van der Waals surface area contributed by atoms with Crippen molar-refractivity contribution >= 4 is 41.0 Å². The SMILES string of the molecule is COc1cccc(O)c1C1C2=CCC3C(=O)N(c4cccc(C(=O)O)c4)C(=O)C3C2CC2C(=O)N(Nc3ccc(C)cc3)C(=O)C21c1ccccc1. The van der Waals surface area contributed by atoms with Crippen LogP contribution in [-0.4, -0.2) is 51.9 Å². The number of nitrogens with one attached hydrogen (secondary N) is 1. The maximum absolute atomic E-state index is 15.3. The normalized spacial score (nSPS) is 26.4. The minimum absolute atomic E-state index is 0.0625. The third kappa shape index (κ3) is 4.68. The van der Waals surface area contributed by atoms with E-state index < -0.39 is 64.6 Å². The lowest BCUT2D eigenvalue weighted by Crippen LogP contribution is -2.53. The Balaban J connectivity index is 1.33. The first-order valence-electron chi connectivity index (χ1n) is 17.1. The number of nitrogens with zero attached hydrogens (tertiary/aromatic N) is 2. The van der Waals surface area contributed by atoms with Crippen LogP contribution in [0.25, 0.3) is 0 Å². The number of aromatic carboxylic acids is 1. The summed E-state index contributed by atoms with van der Waals surface area (Å²) in [6.45, 7) is 1.93. The molecule has 2 aliphatic carbocycles. The summed E-state index contributed by atoms with van der Waals surface area (Å²) in [7, 11) is 1.46. The Hall–Kier alpha value is -6.23. The molecular weight excluding hydrogens is 662 g/mol. The van der Waals surface area contributed by atoms with Crippen LogP contribution < -0.4 is 15.1 Å². The molecule has 0 spiro atoms. The number of carbonyl (C=O) groups excluding carboxylic acids is 4. The zero-order chi connectivity index (χ0) is 36.5. The molecule has 4 aromatic carbocycles. The summed E-state index contributed by atoms with van der Waals surface area (Å²) in [5, 5.41) is 22.3. The van der Waals surface area contributed by atoms with Gasteiger partial charge in [0.25, 0.3) is 11.8 Å². The lowest BCUT2D eigenvalue weighted by atomic mass is 9.49. The molecule has 3 fully saturated rings. The maximum Gasteiger partial charge on any atom is 0.335 e. The summed E-state index contributed by atoms with van der Waals surface area (Å²) < 4.78 is 5.82. The van der Waals surface area contributed by atoms with Crippen LogP contribution in [0.15, 0.2) is 109 Å². The number of carboxylic acid groups (broad SMARTS) is 1. The fourth-order valence-electron chi connectivity index (χ4n) is 9.09. The number of methoxy groups -OCH3 is 1. The molecule has 2 heterocycles. The van der Waals surface area contributed by atoms with Gasteiger partial charge >= 0.3 is 5.97 Å². The molecule has 11 nitrogen and oxygen atoms in total. The van der Waals surface area contributed by atoms with Crippen molar-refractivity contribution in [3.8, 4) is 11.5 Å². The Labute approximate surface area is 299 Å². The molecule has 0 radical (unpaired) electrons. The van der Waals surface area contributed by atoms with Gasteiger partial charge in [0, 0.05) is 11.5 Å². The lowest BCUT2D eigenvalue weighted by molar-refractivity contribution is -0.138. The third-order valence-electron chi connectivity index (χ3n) is 11.3. The number of benzene rings is 4. The van der Waals surface area contributed by atoms with Gasteiger partial charge in [0.1, 0.15) is 11.5 Å². The van der Waals surface area contributed by atoms with E-state index in [-0.39, 0.29) is 29.8 Å². The summed E-state index contributed by atoms with van der Waals surface area (Å²) in [5.74, 6) is -7.40. The molecule has 2 saturated heterocycles. The van der Waals surface area contributed by atoms with Crippen LogP contribution in [0.2, 0.25) is 0 Å². The molecule has 52 heavy (non-hydrogen) atoms. The molecular formula is C41H35N3O8. The number of hydrogen-bond donors (Lipinski definition) is 3. The number of ether oxygens (including phenoxy) is 1. The average Bonchev–Trinajstić information content (AvgIpc) is 3.53. The number of carboxylic acids is 1. The fraction of sp³-hybridized carbons (Fsp3) is 0.244. The highest BCUT2D eigenvalue weighted by molar-refractivity contribution is 6.23. The summed E-state index contributed by atoms with van der Waals surface area (Å²) in [6, 6.07) is 26.8. The highest BCUT2D eigenvalue weighted by Crippen LogP contribution is 2.66. The van der Waals surface area contributed by atoms with Crippen LogP contribution >= 0.6 is 0 Å². The highest BCUT2D eigenvalue weighted by atomic mass is 16.5. The lowest BCUT2D eigenvalue weighted by Gasteiger charge is -2.50. The predicted molar refractivity (Wildman–Crippen MR) is 189 cm³/mol. The predicted octanol–water partition coefficient (Wildman–Crippen LogP) is 5.60. The van der Waals surface area contributed by atoms with E-state index in [1.165, 1.54) is 37.4 Å². The second kappa shape index (κ2) is 12.2. The van der Waals surface area contributed by atoms with Crippen molar-refractivity contribution in [2.24, 2.45) is 23.7 Å². The van der Waals surface area contributed by atoms with Gasteiger partial charge in [0.05, 0.1) is 47.2 Å². The number of anilines is 2. The maximum atomic E-state index is 15.3. The van der Waals surface area contributed by atoms with E-state index >= 15 is 4.79 Å². The topological polar surface area (TPSA) is 154 Å². The number of aryl methyl sites for hydroxylation is 1. The van der Waals surface area contributed by atoms with Crippen LogP contribution in [0.3, 0.4) is 0 Å². The smallest absolute Gasteiger partial charge is 0.335 e. The second-order valence-corrected chi connectivity index (χ2v) is 13.9. The van der Waals surface area contributed by atoms with Gasteiger partial charge in [0.15, 0.2) is 0 Å². The number of aromatic hydroxyl groups is 1. The summed E-state index contributed by atoms with van der Waals surface area (Å²) in [4.78, 5) is 71.5. The number of hydrogen-bond acceptors (Lipinski definition) is 8. The van der Waals surface area contributed by atoms with Crippen LogP contribution in [0, 0.1) is 30.6 Å². The van der Waals surface area contributed by atoms with Gasteiger partial charge in [-0.05, 0) is 73.7 Å². The number of amides is 4. The van der Waals surface area contributed by atoms with E-state index in [2.05, 4.69) is 5.43 Å². The van der Waals surface area contributed by atoms with Crippen molar-refractivity contribution in [3.05, 3.63) is 131 Å². The molecule has 8 rings (SSSR count). The monoisotopic (exact) mass is 697 g/mol. The van der Waals surface area contributed by atoms with Crippen molar-refractivity contribution < 1.29 is 38.9 Å². The quantitative estimate of drug-likeness (QED) is 0.166. The molecule has 4 aliphatic rings. The van der Waals surface area contributed by atoms with Crippen LogP contribution in [0.4, 0.5) is 11.4 Å². The van der Waals surface area contributed by atoms with Gasteiger partial charge in [-0.2, -0.15) is 5.01 Å². The number of rotatable bonds is 7. The Morgan fingerprint density at radius 3 is 2.31 bits per heavy atom. The van der Waals surface area contributed by atoms with Crippen molar-refractivity contribution in [3.63, 3.8) is 0 Å². The van der Waals surface area contributed by atoms with Crippen molar-refractivity contribution in [2.45, 2.75) is 31.1 Å². The van der Waals surface area contributed by atoms with Crippen molar-refractivity contribution in [2.75, 3.05) is 17.4 Å². The average molecular weight is 698 g/mol. The Kier molecular flexibility index (Phi) is 7.74. The van der Waals surface area contributed by atoms with E-state index in [1.54, 1.807) is 48.5 Å². The van der Waals surface area contributed by atoms with E-state index in [4.69, 9.17) is 4.74 Å². The third-order valence-corrected chi connectivity index (χ3v) is 11.3. The number of carbonyl (C=O) groups is 5. The Bertz CT molecular complexity index is 2200. The molecule has 4 aromatic rings. The number of hydrazine groups is 1. The molecule has 11 heteroatoms. The number of phenolic OH excluding ortho intramolecular Hbond substituents is 1. The second-order valence-electron chi connectivity index (χ2n) is 13.9. The molecule has 4 amide bonds. The standard InChI is InChI=1S/C41H35N3O8/c1-22-14-16-25(17-15-22)42-44-37(47)30-21-29-27(18-19-28-33(29)38(48)43(36(28)46)26-11-6-8-23(20-26)39(49)50)35(34-31(45)12-7-13-32(34)52-2)41(30,40(44)51)24-9-4-3-5-10-24/h3-18,20,28-30,33,35,42,45H,19,21H2,1-2H3,(H,49,50). The molecule has 6 atom stereocenters. The first kappa shape index (κ1) is 32.9. The summed E-state index contributed by atoms with van der Waals surface area (Å²) in [6.07, 6.45) is 2.11. The van der Waals surface area contributed by atoms with Gasteiger partial charge < -0.3 is 14.9 Å². The van der Waals surface area contributed by atoms with E-state index in [9.17, 15) is 29.4 Å². The molecule has 1 saturated carbocycles. The van der Waals surface area contributed by atoms with Gasteiger partial charge in [-0.3, -0.25) is 29.5 Å². The molecule has 2 aliphatic heterocycles. The van der Waals surface area contributed by atoms with Crippen LogP contribution in [0.1, 0.15) is 45.8 Å². The minimum Gasteiger partial charge on any atom is -0.508 e. The number of fused-ring (bicyclic) bond motifs is 4. The van der Waals surface area contributed by atoms with Gasteiger partial charge in [-0.15, -0.1) is 0 Å². The number of allylic oxidation sites excluding steroid dienone is 2. The zero-order valence-corrected chi connectivity index (χ0v) is 28.4. The first-order valence-corrected chi connectivity index (χ1v) is 17.1. The Morgan fingerprint density at radius 1 is 0.865 bits per heavy atom. The number of phenols is 1. The van der Waals surface area contributed by atoms with Gasteiger partial charge in [0.2, 0.25) is 11.8 Å². The molecule has 6 unspecified atom stereocenters.